The summed E-state index contributed by atoms with van der Waals surface area (Å²) in [7, 11) is 1.81. The maximum Gasteiger partial charge on any atom is 0.240 e. The van der Waals surface area contributed by atoms with Gasteiger partial charge in [0, 0.05) is 17.1 Å². The minimum absolute atomic E-state index is 0.160. The molecule has 2 aromatic rings. The van der Waals surface area contributed by atoms with Crippen LogP contribution >= 0.6 is 11.6 Å². The molecule has 0 aliphatic rings. The average Bonchev–Trinajstić information content (AvgIpc) is 2.82. The SMILES string of the molecule is Cc1oc(NC(=O)CN(C)CCOc2ccc(Cl)cc2)c(C#N)c1C. The molecule has 0 fully saturated rings. The monoisotopic (exact) mass is 361 g/mol. The van der Waals surface area contributed by atoms with Crippen molar-refractivity contribution < 1.29 is 13.9 Å². The number of nitrogens with zero attached hydrogens (tertiary/aromatic N) is 2. The number of furan rings is 1. The Hall–Kier alpha value is -2.49. The molecule has 6 nitrogen and oxygen atoms in total. The van der Waals surface area contributed by atoms with Crippen LogP contribution in [0.1, 0.15) is 16.9 Å². The van der Waals surface area contributed by atoms with Gasteiger partial charge in [-0.1, -0.05) is 11.6 Å². The van der Waals surface area contributed by atoms with Crippen LogP contribution in [0.3, 0.4) is 0 Å². The van der Waals surface area contributed by atoms with Crippen LogP contribution in [0.5, 0.6) is 5.75 Å². The van der Waals surface area contributed by atoms with E-state index in [9.17, 15) is 4.79 Å². The lowest BCUT2D eigenvalue weighted by Crippen LogP contribution is -2.33. The first kappa shape index (κ1) is 18.8. The van der Waals surface area contributed by atoms with Gasteiger partial charge in [0.1, 0.15) is 29.7 Å². The lowest BCUT2D eigenvalue weighted by Gasteiger charge is -2.16. The van der Waals surface area contributed by atoms with Crippen molar-refractivity contribution in [3.63, 3.8) is 0 Å². The normalized spacial score (nSPS) is 10.6. The highest BCUT2D eigenvalue weighted by Gasteiger charge is 2.17. The first-order chi connectivity index (χ1) is 11.9. The Labute approximate surface area is 151 Å². The molecule has 1 N–H and O–H groups in total. The number of hydrogen-bond donors (Lipinski definition) is 1. The Morgan fingerprint density at radius 3 is 2.68 bits per heavy atom. The first-order valence-corrected chi connectivity index (χ1v) is 8.15. The fourth-order valence-corrected chi connectivity index (χ4v) is 2.32. The number of aryl methyl sites for hydroxylation is 1. The van der Waals surface area contributed by atoms with E-state index < -0.39 is 0 Å². The van der Waals surface area contributed by atoms with Gasteiger partial charge in [0.2, 0.25) is 11.8 Å². The molecule has 7 heteroatoms. The number of amides is 1. The predicted molar refractivity (Wildman–Crippen MR) is 96.0 cm³/mol. The molecule has 25 heavy (non-hydrogen) atoms. The van der Waals surface area contributed by atoms with Crippen molar-refractivity contribution in [1.29, 1.82) is 5.26 Å². The van der Waals surface area contributed by atoms with Crippen LogP contribution in [0, 0.1) is 25.2 Å². The number of ether oxygens (including phenoxy) is 1. The molecule has 2 rings (SSSR count). The number of carbonyl (C=O) groups excluding carboxylic acids is 1. The number of hydrogen-bond acceptors (Lipinski definition) is 5. The van der Waals surface area contributed by atoms with Gasteiger partial charge < -0.3 is 9.15 Å². The van der Waals surface area contributed by atoms with Crippen molar-refractivity contribution in [2.75, 3.05) is 32.1 Å². The fraction of sp³-hybridized carbons (Fsp3) is 0.333. The molecule has 0 atom stereocenters. The van der Waals surface area contributed by atoms with Crippen molar-refractivity contribution in [2.45, 2.75) is 13.8 Å². The summed E-state index contributed by atoms with van der Waals surface area (Å²) in [6, 6.07) is 9.15. The molecule has 0 aliphatic carbocycles. The summed E-state index contributed by atoms with van der Waals surface area (Å²) >= 11 is 5.82. The van der Waals surface area contributed by atoms with Crippen molar-refractivity contribution in [1.82, 2.24) is 4.90 Å². The largest absolute Gasteiger partial charge is 0.492 e. The maximum absolute atomic E-state index is 12.1. The third-order valence-corrected chi connectivity index (χ3v) is 3.97. The quantitative estimate of drug-likeness (QED) is 0.818. The highest BCUT2D eigenvalue weighted by Crippen LogP contribution is 2.25. The zero-order valence-corrected chi connectivity index (χ0v) is 15.2. The van der Waals surface area contributed by atoms with E-state index in [1.54, 1.807) is 38.1 Å². The predicted octanol–water partition coefficient (Wildman–Crippen LogP) is 3.37. The van der Waals surface area contributed by atoms with Crippen LogP contribution in [-0.2, 0) is 4.79 Å². The van der Waals surface area contributed by atoms with E-state index in [4.69, 9.17) is 26.0 Å². The lowest BCUT2D eigenvalue weighted by atomic mass is 10.2. The van der Waals surface area contributed by atoms with Crippen molar-refractivity contribution in [3.8, 4) is 11.8 Å². The number of anilines is 1. The average molecular weight is 362 g/mol. The second-order valence-electron chi connectivity index (χ2n) is 5.69. The van der Waals surface area contributed by atoms with Crippen LogP contribution in [-0.4, -0.2) is 37.6 Å². The second kappa shape index (κ2) is 8.56. The first-order valence-electron chi connectivity index (χ1n) is 7.77. The van der Waals surface area contributed by atoms with Gasteiger partial charge in [0.25, 0.3) is 0 Å². The number of nitrogens with one attached hydrogen (secondary N) is 1. The summed E-state index contributed by atoms with van der Waals surface area (Å²) in [6.45, 7) is 4.71. The molecule has 132 valence electrons. The van der Waals surface area contributed by atoms with E-state index in [0.717, 1.165) is 11.3 Å². The van der Waals surface area contributed by atoms with Crippen LogP contribution < -0.4 is 10.1 Å². The van der Waals surface area contributed by atoms with E-state index >= 15 is 0 Å². The number of benzene rings is 1. The molecule has 1 amide bonds. The van der Waals surface area contributed by atoms with Crippen molar-refractivity contribution >= 4 is 23.4 Å². The van der Waals surface area contributed by atoms with Gasteiger partial charge in [-0.15, -0.1) is 0 Å². The molecule has 1 aromatic carbocycles. The number of halogens is 1. The highest BCUT2D eigenvalue weighted by atomic mass is 35.5. The molecule has 0 spiro atoms. The highest BCUT2D eigenvalue weighted by molar-refractivity contribution is 6.30. The summed E-state index contributed by atoms with van der Waals surface area (Å²) in [6.07, 6.45) is 0. The third-order valence-electron chi connectivity index (χ3n) is 3.72. The molecule has 0 unspecified atom stereocenters. The summed E-state index contributed by atoms with van der Waals surface area (Å²) in [5.41, 5.74) is 1.10. The molecule has 1 aromatic heterocycles. The van der Waals surface area contributed by atoms with E-state index in [1.165, 1.54) is 0 Å². The topological polar surface area (TPSA) is 78.5 Å². The number of carbonyl (C=O) groups is 1. The summed E-state index contributed by atoms with van der Waals surface area (Å²) in [5, 5.41) is 12.4. The number of rotatable bonds is 7. The van der Waals surface area contributed by atoms with Crippen LogP contribution in [0.4, 0.5) is 5.88 Å². The minimum atomic E-state index is -0.251. The van der Waals surface area contributed by atoms with Gasteiger partial charge in [-0.05, 0) is 45.2 Å². The zero-order valence-electron chi connectivity index (χ0n) is 14.4. The Morgan fingerprint density at radius 1 is 1.36 bits per heavy atom. The maximum atomic E-state index is 12.1. The Balaban J connectivity index is 1.79. The van der Waals surface area contributed by atoms with Crippen molar-refractivity contribution in [2.24, 2.45) is 0 Å². The second-order valence-corrected chi connectivity index (χ2v) is 6.12. The van der Waals surface area contributed by atoms with E-state index in [-0.39, 0.29) is 18.3 Å². The summed E-state index contributed by atoms with van der Waals surface area (Å²) in [4.78, 5) is 13.9. The van der Waals surface area contributed by atoms with Gasteiger partial charge in [0.05, 0.1) is 6.54 Å². The Bertz CT molecular complexity index is 778. The zero-order chi connectivity index (χ0) is 18.4. The molecule has 1 heterocycles. The van der Waals surface area contributed by atoms with Gasteiger partial charge in [0.15, 0.2) is 0 Å². The van der Waals surface area contributed by atoms with Gasteiger partial charge in [-0.25, -0.2) is 0 Å². The van der Waals surface area contributed by atoms with E-state index in [1.807, 2.05) is 18.0 Å². The van der Waals surface area contributed by atoms with Crippen molar-refractivity contribution in [3.05, 3.63) is 46.2 Å². The van der Waals surface area contributed by atoms with Crippen LogP contribution in [0.2, 0.25) is 5.02 Å². The number of likely N-dealkylation sites (N-methyl/N-ethyl adjacent to an activating group) is 1. The lowest BCUT2D eigenvalue weighted by molar-refractivity contribution is -0.117. The molecular formula is C18H20ClN3O3. The van der Waals surface area contributed by atoms with Gasteiger partial charge >= 0.3 is 0 Å². The third kappa shape index (κ3) is 5.24. The molecule has 0 radical (unpaired) electrons. The molecule has 0 aliphatic heterocycles. The van der Waals surface area contributed by atoms with Gasteiger partial charge in [-0.2, -0.15) is 5.26 Å². The summed E-state index contributed by atoms with van der Waals surface area (Å²) < 4.78 is 11.0. The fourth-order valence-electron chi connectivity index (χ4n) is 2.19. The summed E-state index contributed by atoms with van der Waals surface area (Å²) in [5.74, 6) is 1.30. The minimum Gasteiger partial charge on any atom is -0.492 e. The van der Waals surface area contributed by atoms with Gasteiger partial charge in [-0.3, -0.25) is 15.0 Å². The molecule has 0 saturated heterocycles. The van der Waals surface area contributed by atoms with E-state index in [0.29, 0.717) is 29.5 Å². The standard InChI is InChI=1S/C18H20ClN3O3/c1-12-13(2)25-18(16(12)10-20)21-17(23)11-22(3)8-9-24-15-6-4-14(19)5-7-15/h4-7H,8-9,11H2,1-3H3,(H,21,23). The smallest absolute Gasteiger partial charge is 0.240 e. The Kier molecular flexibility index (Phi) is 6.45. The van der Waals surface area contributed by atoms with E-state index in [2.05, 4.69) is 5.32 Å². The molecule has 0 bridgehead atoms. The van der Waals surface area contributed by atoms with Crippen LogP contribution in [0.15, 0.2) is 28.7 Å². The van der Waals surface area contributed by atoms with Crippen LogP contribution in [0.25, 0.3) is 0 Å². The Morgan fingerprint density at radius 2 is 2.04 bits per heavy atom. The number of nitriles is 1. The molecule has 0 saturated carbocycles. The molecular weight excluding hydrogens is 342 g/mol.